The number of aliphatic hydroxyl groups is 1. The van der Waals surface area contributed by atoms with Crippen LogP contribution in [0, 0.1) is 23.0 Å². The smallest absolute Gasteiger partial charge is 0.223 e. The fourth-order valence-electron chi connectivity index (χ4n) is 5.43. The third kappa shape index (κ3) is 3.21. The number of rotatable bonds is 4. The van der Waals surface area contributed by atoms with Gasteiger partial charge in [0.05, 0.1) is 17.2 Å². The van der Waals surface area contributed by atoms with Gasteiger partial charge in [-0.3, -0.25) is 4.79 Å². The molecule has 0 radical (unpaired) electrons. The minimum absolute atomic E-state index is 0.156. The van der Waals surface area contributed by atoms with Crippen molar-refractivity contribution < 1.29 is 23.1 Å². The normalized spacial score (nSPS) is 38.0. The molecule has 3 saturated carbocycles. The van der Waals surface area contributed by atoms with Gasteiger partial charge in [0.1, 0.15) is 17.3 Å². The van der Waals surface area contributed by atoms with E-state index in [1.54, 1.807) is 0 Å². The molecule has 0 spiro atoms. The van der Waals surface area contributed by atoms with Crippen LogP contribution < -0.4 is 11.1 Å². The van der Waals surface area contributed by atoms with Crippen LogP contribution in [0.25, 0.3) is 0 Å². The van der Waals surface area contributed by atoms with E-state index in [-0.39, 0.29) is 23.4 Å². The van der Waals surface area contributed by atoms with E-state index in [0.29, 0.717) is 32.1 Å². The highest BCUT2D eigenvalue weighted by atomic mass is 35.5. The highest BCUT2D eigenvalue weighted by Crippen LogP contribution is 2.63. The minimum Gasteiger partial charge on any atom is -0.391 e. The Hall–Kier alpha value is -1.31. The summed E-state index contributed by atoms with van der Waals surface area (Å²) in [5.41, 5.74) is 3.39. The lowest BCUT2D eigenvalue weighted by molar-refractivity contribution is -0.127. The number of amides is 1. The quantitative estimate of drug-likeness (QED) is 0.657. The van der Waals surface area contributed by atoms with E-state index < -0.39 is 52.7 Å². The summed E-state index contributed by atoms with van der Waals surface area (Å²) in [6.07, 6.45) is 1.36. The Bertz CT molecular complexity index is 788. The predicted octanol–water partition coefficient (Wildman–Crippen LogP) is 3.55. The van der Waals surface area contributed by atoms with Gasteiger partial charge in [-0.2, -0.15) is 0 Å². The first-order chi connectivity index (χ1) is 13.1. The van der Waals surface area contributed by atoms with Crippen LogP contribution in [0.4, 0.5) is 13.2 Å². The molecule has 4 rings (SSSR count). The number of alkyl halides is 1. The summed E-state index contributed by atoms with van der Waals surface area (Å²) in [4.78, 5) is 12.9. The molecule has 3 aliphatic rings. The van der Waals surface area contributed by atoms with Crippen LogP contribution in [0.5, 0.6) is 0 Å². The molecule has 4 nitrogen and oxygen atoms in total. The molecule has 2 bridgehead atoms. The number of nitrogens with one attached hydrogen (secondary N) is 1. The van der Waals surface area contributed by atoms with Crippen molar-refractivity contribution in [1.82, 2.24) is 5.32 Å². The molecule has 1 aromatic rings. The van der Waals surface area contributed by atoms with Gasteiger partial charge in [0.15, 0.2) is 0 Å². The largest absolute Gasteiger partial charge is 0.391 e. The third-order valence-corrected chi connectivity index (χ3v) is 7.32. The average molecular weight is 417 g/mol. The summed E-state index contributed by atoms with van der Waals surface area (Å²) in [6.45, 7) is 0. The molecule has 3 aliphatic carbocycles. The molecule has 0 aromatic heterocycles. The highest BCUT2D eigenvalue weighted by molar-refractivity contribution is 6.30. The van der Waals surface area contributed by atoms with Crippen LogP contribution in [0.1, 0.15) is 56.6 Å². The summed E-state index contributed by atoms with van der Waals surface area (Å²) in [6, 6.07) is 0.663. The highest BCUT2D eigenvalue weighted by Gasteiger charge is 2.59. The van der Waals surface area contributed by atoms with Crippen molar-refractivity contribution in [1.29, 1.82) is 0 Å². The number of carbonyl (C=O) groups excluding carboxylic acids is 1. The first-order valence-corrected chi connectivity index (χ1v) is 10.1. The Balaban J connectivity index is 1.70. The Labute approximate surface area is 166 Å². The molecule has 4 N–H and O–H groups in total. The monoisotopic (exact) mass is 416 g/mol. The Morgan fingerprint density at radius 3 is 2.46 bits per heavy atom. The minimum atomic E-state index is -1.35. The number of hydrogen-bond donors (Lipinski definition) is 3. The lowest BCUT2D eigenvalue weighted by atomic mass is 9.74. The molecule has 3 fully saturated rings. The summed E-state index contributed by atoms with van der Waals surface area (Å²) >= 11 is 5.89. The molecule has 28 heavy (non-hydrogen) atoms. The van der Waals surface area contributed by atoms with Crippen molar-refractivity contribution in [3.8, 4) is 0 Å². The van der Waals surface area contributed by atoms with Gasteiger partial charge in [-0.05, 0) is 62.5 Å². The van der Waals surface area contributed by atoms with Gasteiger partial charge in [0, 0.05) is 17.5 Å². The van der Waals surface area contributed by atoms with Gasteiger partial charge < -0.3 is 16.2 Å². The summed E-state index contributed by atoms with van der Waals surface area (Å²) in [7, 11) is 0. The number of hydrogen-bond acceptors (Lipinski definition) is 3. The van der Waals surface area contributed by atoms with Gasteiger partial charge >= 0.3 is 0 Å². The number of halogens is 4. The summed E-state index contributed by atoms with van der Waals surface area (Å²) in [5, 5.41) is 12.4. The maximum absolute atomic E-state index is 14.9. The van der Waals surface area contributed by atoms with E-state index in [0.717, 1.165) is 12.1 Å². The molecule has 0 aliphatic heterocycles. The van der Waals surface area contributed by atoms with Crippen LogP contribution in [-0.4, -0.2) is 28.8 Å². The Morgan fingerprint density at radius 1 is 1.25 bits per heavy atom. The summed E-state index contributed by atoms with van der Waals surface area (Å²) < 4.78 is 44.4. The fourth-order valence-corrected chi connectivity index (χ4v) is 5.60. The van der Waals surface area contributed by atoms with Gasteiger partial charge in [0.2, 0.25) is 5.91 Å². The molecule has 8 heteroatoms. The van der Waals surface area contributed by atoms with Crippen molar-refractivity contribution in [2.24, 2.45) is 17.1 Å². The molecule has 1 aromatic carbocycles. The van der Waals surface area contributed by atoms with E-state index in [1.165, 1.54) is 0 Å². The molecule has 4 atom stereocenters. The second kappa shape index (κ2) is 6.89. The zero-order valence-electron chi connectivity index (χ0n) is 15.4. The zero-order valence-corrected chi connectivity index (χ0v) is 16.1. The number of carbonyl (C=O) groups is 1. The van der Waals surface area contributed by atoms with Crippen molar-refractivity contribution in [3.63, 3.8) is 0 Å². The van der Waals surface area contributed by atoms with Crippen LogP contribution in [0.15, 0.2) is 12.1 Å². The van der Waals surface area contributed by atoms with Crippen LogP contribution in [0.2, 0.25) is 5.02 Å². The van der Waals surface area contributed by atoms with E-state index in [2.05, 4.69) is 5.32 Å². The SMILES string of the molecule is N[C@@H]1CC(C(=O)N[C@H](c2c(F)ccc(Cl)c2F)C23CCC(F)(CC2)C3)C[C@@H]1O. The maximum atomic E-state index is 14.9. The number of benzene rings is 1. The van der Waals surface area contributed by atoms with E-state index >= 15 is 0 Å². The second-order valence-electron chi connectivity index (χ2n) is 8.79. The van der Waals surface area contributed by atoms with Crippen molar-refractivity contribution in [2.45, 2.75) is 68.8 Å². The first-order valence-electron chi connectivity index (χ1n) is 9.70. The molecule has 0 heterocycles. The summed E-state index contributed by atoms with van der Waals surface area (Å²) in [5.74, 6) is -2.71. The second-order valence-corrected chi connectivity index (χ2v) is 9.20. The van der Waals surface area contributed by atoms with E-state index in [1.807, 2.05) is 0 Å². The van der Waals surface area contributed by atoms with Gasteiger partial charge in [0.25, 0.3) is 0 Å². The molecular weight excluding hydrogens is 393 g/mol. The standard InChI is InChI=1S/C20H24ClF3N2O2/c21-11-1-2-12(22)15(16(11)23)17(19-3-5-20(24,9-19)6-4-19)26-18(28)10-7-13(25)14(27)8-10/h1-2,10,13-14,17,27H,3-9,25H2,(H,26,28)/t10?,13-,14+,17-,19?,20?/m1/s1. The average Bonchev–Trinajstić information content (AvgIpc) is 3.29. The number of nitrogens with two attached hydrogens (primary N) is 1. The lowest BCUT2D eigenvalue weighted by Crippen LogP contribution is -2.42. The molecular formula is C20H24ClF3N2O2. The van der Waals surface area contributed by atoms with Gasteiger partial charge in [-0.15, -0.1) is 0 Å². The predicted molar refractivity (Wildman–Crippen MR) is 98.3 cm³/mol. The topological polar surface area (TPSA) is 75.4 Å². The van der Waals surface area contributed by atoms with Crippen LogP contribution in [-0.2, 0) is 4.79 Å². The fraction of sp³-hybridized carbons (Fsp3) is 0.650. The van der Waals surface area contributed by atoms with Crippen LogP contribution in [0.3, 0.4) is 0 Å². The zero-order chi connectivity index (χ0) is 20.3. The molecule has 0 saturated heterocycles. The number of aliphatic hydroxyl groups excluding tert-OH is 1. The Morgan fingerprint density at radius 2 is 1.93 bits per heavy atom. The number of fused-ring (bicyclic) bond motifs is 2. The van der Waals surface area contributed by atoms with E-state index in [4.69, 9.17) is 17.3 Å². The maximum Gasteiger partial charge on any atom is 0.223 e. The van der Waals surface area contributed by atoms with Crippen LogP contribution >= 0.6 is 11.6 Å². The molecule has 1 amide bonds. The molecule has 154 valence electrons. The van der Waals surface area contributed by atoms with Gasteiger partial charge in [-0.25, -0.2) is 13.2 Å². The first kappa shape index (κ1) is 20.0. The van der Waals surface area contributed by atoms with Crippen molar-refractivity contribution in [2.75, 3.05) is 0 Å². The third-order valence-electron chi connectivity index (χ3n) is 7.03. The van der Waals surface area contributed by atoms with Gasteiger partial charge in [-0.1, -0.05) is 11.6 Å². The lowest BCUT2D eigenvalue weighted by Gasteiger charge is -2.37. The van der Waals surface area contributed by atoms with Crippen molar-refractivity contribution >= 4 is 17.5 Å². The Kier molecular flexibility index (Phi) is 4.91. The molecule has 1 unspecified atom stereocenters. The van der Waals surface area contributed by atoms with Crippen molar-refractivity contribution in [3.05, 3.63) is 34.4 Å². The van der Waals surface area contributed by atoms with E-state index in [9.17, 15) is 23.1 Å².